The van der Waals surface area contributed by atoms with E-state index >= 15 is 0 Å². The lowest BCUT2D eigenvalue weighted by Gasteiger charge is -2.28. The summed E-state index contributed by atoms with van der Waals surface area (Å²) in [7, 11) is 1.37. The molecular weight excluding hydrogens is 741 g/mol. The number of halogens is 3. The lowest BCUT2D eigenvalue weighted by molar-refractivity contribution is -0.125. The Bertz CT molecular complexity index is 1640. The monoisotopic (exact) mass is 815 g/mol. The maximum absolute atomic E-state index is 13.4. The summed E-state index contributed by atoms with van der Waals surface area (Å²) in [6.45, 7) is 25.0. The van der Waals surface area contributed by atoms with Gasteiger partial charge in [0.2, 0.25) is 5.91 Å². The van der Waals surface area contributed by atoms with Crippen molar-refractivity contribution in [3.8, 4) is 16.9 Å². The zero-order valence-corrected chi connectivity index (χ0v) is 38.3. The maximum atomic E-state index is 13.4. The molecule has 9 heteroatoms. The number of Topliss-reactive ketones (excluding diaryl/α,β-unsaturated/α-hetero) is 1. The number of rotatable bonds is 16. The summed E-state index contributed by atoms with van der Waals surface area (Å²) in [5.74, 6) is -2.10. The van der Waals surface area contributed by atoms with Crippen LogP contribution >= 0.6 is 9.24 Å². The first-order valence-electron chi connectivity index (χ1n) is 21.2. The van der Waals surface area contributed by atoms with Gasteiger partial charge in [-0.1, -0.05) is 124 Å². The molecule has 1 aliphatic rings. The van der Waals surface area contributed by atoms with Gasteiger partial charge in [0.15, 0.2) is 0 Å². The van der Waals surface area contributed by atoms with Crippen LogP contribution in [0.25, 0.3) is 11.1 Å². The third-order valence-corrected chi connectivity index (χ3v) is 10.7. The van der Waals surface area contributed by atoms with E-state index < -0.39 is 17.6 Å². The molecule has 3 aromatic rings. The Morgan fingerprint density at radius 1 is 0.860 bits per heavy atom. The molecule has 0 radical (unpaired) electrons. The van der Waals surface area contributed by atoms with E-state index in [0.717, 1.165) is 56.9 Å². The highest BCUT2D eigenvalue weighted by Gasteiger charge is 2.46. The minimum Gasteiger partial charge on any atom is -0.429 e. The first kappa shape index (κ1) is 51.8. The number of para-hydroxylation sites is 1. The smallest absolute Gasteiger partial charge is 0.408 e. The molecule has 1 amide bonds. The van der Waals surface area contributed by atoms with Crippen LogP contribution < -0.4 is 15.4 Å². The normalized spacial score (nSPS) is 17.1. The molecule has 0 aliphatic carbocycles. The molecule has 5 atom stereocenters. The van der Waals surface area contributed by atoms with Crippen LogP contribution in [0.5, 0.6) is 5.75 Å². The van der Waals surface area contributed by atoms with Crippen LogP contribution in [0, 0.1) is 32.5 Å². The van der Waals surface area contributed by atoms with Crippen molar-refractivity contribution in [1.29, 1.82) is 0 Å². The maximum Gasteiger partial charge on any atom is 0.408 e. The van der Waals surface area contributed by atoms with Gasteiger partial charge in [0.1, 0.15) is 23.5 Å². The molecule has 0 aromatic heterocycles. The fraction of sp³-hybridized carbons (Fsp3) is 0.583. The molecule has 0 saturated carbocycles. The summed E-state index contributed by atoms with van der Waals surface area (Å²) >= 11 is 0. The van der Waals surface area contributed by atoms with Crippen molar-refractivity contribution >= 4 is 20.9 Å². The minimum absolute atomic E-state index is 0.0551. The first-order valence-corrected chi connectivity index (χ1v) is 21.8. The van der Waals surface area contributed by atoms with Gasteiger partial charge in [0.25, 0.3) is 0 Å². The Balaban J connectivity index is 0.000000460. The highest BCUT2D eigenvalue weighted by Crippen LogP contribution is 2.37. The third-order valence-electron chi connectivity index (χ3n) is 10.6. The molecule has 57 heavy (non-hydrogen) atoms. The molecule has 2 N–H and O–H groups in total. The molecule has 5 unspecified atom stereocenters. The Labute approximate surface area is 346 Å². The minimum atomic E-state index is -3.37. The number of alkyl halides is 2. The number of ether oxygens (including phenoxy) is 1. The number of unbranched alkanes of at least 4 members (excludes halogenated alkanes) is 2. The number of nitrogens with one attached hydrogen (secondary N) is 2. The van der Waals surface area contributed by atoms with Gasteiger partial charge in [0.05, 0.1) is 5.54 Å². The van der Waals surface area contributed by atoms with Crippen molar-refractivity contribution in [3.63, 3.8) is 0 Å². The van der Waals surface area contributed by atoms with E-state index in [4.69, 9.17) is 4.74 Å². The molecule has 320 valence electrons. The molecule has 0 spiro atoms. The summed E-state index contributed by atoms with van der Waals surface area (Å²) in [4.78, 5) is 23.0. The molecule has 1 fully saturated rings. The largest absolute Gasteiger partial charge is 0.429 e. The van der Waals surface area contributed by atoms with Gasteiger partial charge >= 0.3 is 5.85 Å². The van der Waals surface area contributed by atoms with Crippen molar-refractivity contribution < 1.29 is 27.5 Å². The molecule has 1 heterocycles. The van der Waals surface area contributed by atoms with Gasteiger partial charge in [-0.3, -0.25) is 10.1 Å². The Hall–Kier alpha value is -3.22. The zero-order valence-electron chi connectivity index (χ0n) is 37.1. The van der Waals surface area contributed by atoms with Crippen LogP contribution in [0.3, 0.4) is 0 Å². The molecule has 0 bridgehead atoms. The summed E-state index contributed by atoms with van der Waals surface area (Å²) in [5.41, 5.74) is 6.81. The van der Waals surface area contributed by atoms with Crippen LogP contribution in [0.4, 0.5) is 13.2 Å². The number of amides is 1. The van der Waals surface area contributed by atoms with Gasteiger partial charge < -0.3 is 14.8 Å². The molecule has 1 saturated heterocycles. The number of carbonyl (C=O) groups excluding carboxylic acids is 2. The zero-order chi connectivity index (χ0) is 43.3. The van der Waals surface area contributed by atoms with E-state index in [1.54, 1.807) is 31.2 Å². The molecule has 5 nitrogen and oxygen atoms in total. The fourth-order valence-electron chi connectivity index (χ4n) is 6.58. The van der Waals surface area contributed by atoms with Crippen LogP contribution in [0.2, 0.25) is 0 Å². The van der Waals surface area contributed by atoms with E-state index in [1.165, 1.54) is 50.4 Å². The third kappa shape index (κ3) is 17.7. The SMILES string of the molecule is CCC(C)c1cc(C)c(-c2ccc(F)c(C)c2)c(C)c1.CCCC.CCCC1(CCC(C)CC)NC(c2ccccc2OC(F)(F)P)NC1=O.CCCCC(C)=O. The standard InChI is InChI=1S/C19H29F2N2O2P.C19H23F.C6H12O.C4H10/c1-4-11-18(12-10-13(3)5-2)17(24)22-16(23-18)14-8-6-7-9-15(14)25-19(20,21)26;1-6-12(2)17-10-14(4)19(15(5)11-17)16-7-8-18(20)13(3)9-16;1-3-4-5-6(2)7;1-3-4-2/h6-9,13,16,23H,4-5,10-12,26H2,1-3H3,(H,22,24);7-12H,6H2,1-5H3;3-5H2,1-2H3;3-4H2,1-2H3. The van der Waals surface area contributed by atoms with Crippen molar-refractivity contribution in [2.45, 2.75) is 177 Å². The van der Waals surface area contributed by atoms with E-state index in [0.29, 0.717) is 35.2 Å². The number of hydrogen-bond donors (Lipinski definition) is 2. The number of benzene rings is 3. The number of ketones is 1. The van der Waals surface area contributed by atoms with Crippen molar-refractivity contribution in [3.05, 3.63) is 88.2 Å². The van der Waals surface area contributed by atoms with Gasteiger partial charge in [-0.2, -0.15) is 8.78 Å². The molecular formula is C48H74F3N2O3P. The van der Waals surface area contributed by atoms with E-state index in [-0.39, 0.29) is 17.5 Å². The van der Waals surface area contributed by atoms with Crippen LogP contribution in [0.15, 0.2) is 54.6 Å². The van der Waals surface area contributed by atoms with Crippen molar-refractivity contribution in [2.24, 2.45) is 5.92 Å². The summed E-state index contributed by atoms with van der Waals surface area (Å²) in [6, 6.07) is 16.5. The van der Waals surface area contributed by atoms with Crippen LogP contribution in [-0.2, 0) is 9.59 Å². The van der Waals surface area contributed by atoms with E-state index in [1.807, 2.05) is 26.0 Å². The Morgan fingerprint density at radius 3 is 1.95 bits per heavy atom. The number of aryl methyl sites for hydroxylation is 3. The van der Waals surface area contributed by atoms with E-state index in [9.17, 15) is 22.8 Å². The Kier molecular flexibility index (Phi) is 23.6. The number of carbonyl (C=O) groups is 2. The quantitative estimate of drug-likeness (QED) is 0.141. The summed E-state index contributed by atoms with van der Waals surface area (Å²) < 4.78 is 44.8. The van der Waals surface area contributed by atoms with E-state index in [2.05, 4.69) is 85.1 Å². The molecule has 4 rings (SSSR count). The fourth-order valence-corrected chi connectivity index (χ4v) is 6.71. The predicted octanol–water partition coefficient (Wildman–Crippen LogP) is 14.1. The Morgan fingerprint density at radius 2 is 1.47 bits per heavy atom. The average Bonchev–Trinajstić information content (AvgIpc) is 3.48. The molecule has 3 aromatic carbocycles. The van der Waals surface area contributed by atoms with Crippen LogP contribution in [0.1, 0.15) is 173 Å². The van der Waals surface area contributed by atoms with Crippen molar-refractivity contribution in [1.82, 2.24) is 10.6 Å². The lowest BCUT2D eigenvalue weighted by Crippen LogP contribution is -2.46. The topological polar surface area (TPSA) is 67.4 Å². The van der Waals surface area contributed by atoms with Crippen LogP contribution in [-0.4, -0.2) is 23.1 Å². The first-order chi connectivity index (χ1) is 26.8. The average molecular weight is 815 g/mol. The second-order valence-electron chi connectivity index (χ2n) is 15.7. The van der Waals surface area contributed by atoms with Gasteiger partial charge in [0, 0.05) is 12.0 Å². The number of hydrogen-bond acceptors (Lipinski definition) is 4. The van der Waals surface area contributed by atoms with Gasteiger partial charge in [-0.05, 0) is 132 Å². The van der Waals surface area contributed by atoms with Gasteiger partial charge in [-0.25, -0.2) is 4.39 Å². The lowest BCUT2D eigenvalue weighted by atomic mass is 9.85. The summed E-state index contributed by atoms with van der Waals surface area (Å²) in [6.07, 6.45) is 10.5. The second kappa shape index (κ2) is 26.0. The molecule has 1 aliphatic heterocycles. The highest BCUT2D eigenvalue weighted by molar-refractivity contribution is 7.17. The summed E-state index contributed by atoms with van der Waals surface area (Å²) in [5, 5.41) is 6.32. The predicted molar refractivity (Wildman–Crippen MR) is 238 cm³/mol. The second-order valence-corrected chi connectivity index (χ2v) is 16.4. The highest BCUT2D eigenvalue weighted by atomic mass is 31.0. The van der Waals surface area contributed by atoms with Gasteiger partial charge in [-0.15, -0.1) is 0 Å². The van der Waals surface area contributed by atoms with Crippen molar-refractivity contribution in [2.75, 3.05) is 0 Å².